The highest BCUT2D eigenvalue weighted by Gasteiger charge is 2.17. The fourth-order valence-corrected chi connectivity index (χ4v) is 4.55. The lowest BCUT2D eigenvalue weighted by molar-refractivity contribution is 0.102. The van der Waals surface area contributed by atoms with E-state index in [2.05, 4.69) is 64.6 Å². The molecule has 176 valence electrons. The van der Waals surface area contributed by atoms with Gasteiger partial charge in [0.2, 0.25) is 0 Å². The van der Waals surface area contributed by atoms with Gasteiger partial charge in [0.05, 0.1) is 6.20 Å². The number of carbonyl (C=O) groups is 1. The predicted octanol–water partition coefficient (Wildman–Crippen LogP) is 6.45. The lowest BCUT2D eigenvalue weighted by Crippen LogP contribution is -2.26. The van der Waals surface area contributed by atoms with Gasteiger partial charge in [-0.25, -0.2) is 4.98 Å². The highest BCUT2D eigenvalue weighted by atomic mass is 16.3. The second-order valence-corrected chi connectivity index (χ2v) is 8.85. The smallest absolute Gasteiger partial charge is 0.255 e. The molecule has 1 aliphatic rings. The topological polar surface area (TPSA) is 58.4 Å². The Hall–Kier alpha value is -4.12. The number of aromatic nitrogens is 1. The molecule has 0 fully saturated rings. The number of rotatable bonds is 9. The second kappa shape index (κ2) is 10.4. The van der Waals surface area contributed by atoms with Gasteiger partial charge in [0.25, 0.3) is 5.91 Å². The van der Waals surface area contributed by atoms with Crippen molar-refractivity contribution in [3.63, 3.8) is 0 Å². The van der Waals surface area contributed by atoms with Gasteiger partial charge in [-0.15, -0.1) is 0 Å². The van der Waals surface area contributed by atoms with Gasteiger partial charge in [-0.1, -0.05) is 55.5 Å². The van der Waals surface area contributed by atoms with Crippen LogP contribution in [0.5, 0.6) is 0 Å². The van der Waals surface area contributed by atoms with Crippen molar-refractivity contribution < 1.29 is 9.21 Å². The van der Waals surface area contributed by atoms with Crippen molar-refractivity contribution in [2.75, 3.05) is 18.4 Å². The standard InChI is InChI=1S/C30H29N3O2/c1-2-15-33(28-18-25-7-3-4-8-26(25)19-28)16-14-22-6-5-9-27(17-22)32-30(34)24-12-10-23(11-13-24)29-20-31-21-35-29/h3-13,17-18,20-21H,2,14-16,19H2,1H3,(H,32,34). The molecular formula is C30H29N3O2. The molecule has 5 heteroatoms. The molecule has 0 aliphatic heterocycles. The third-order valence-electron chi connectivity index (χ3n) is 6.37. The molecule has 1 aliphatic carbocycles. The number of hydrogen-bond donors (Lipinski definition) is 1. The first-order valence-electron chi connectivity index (χ1n) is 12.1. The van der Waals surface area contributed by atoms with Crippen LogP contribution in [-0.2, 0) is 12.8 Å². The highest BCUT2D eigenvalue weighted by Crippen LogP contribution is 2.27. The minimum Gasteiger partial charge on any atom is -0.444 e. The number of benzene rings is 3. The number of nitrogens with zero attached hydrogens (tertiary/aromatic N) is 2. The Morgan fingerprint density at radius 3 is 2.66 bits per heavy atom. The lowest BCUT2D eigenvalue weighted by Gasteiger charge is -2.26. The first-order valence-corrected chi connectivity index (χ1v) is 12.1. The molecule has 4 aromatic rings. The average molecular weight is 464 g/mol. The largest absolute Gasteiger partial charge is 0.444 e. The first-order chi connectivity index (χ1) is 17.2. The van der Waals surface area contributed by atoms with Crippen LogP contribution in [-0.4, -0.2) is 28.9 Å². The van der Waals surface area contributed by atoms with E-state index in [0.717, 1.165) is 43.6 Å². The van der Waals surface area contributed by atoms with Gasteiger partial charge in [0, 0.05) is 42.0 Å². The second-order valence-electron chi connectivity index (χ2n) is 8.85. The highest BCUT2D eigenvalue weighted by molar-refractivity contribution is 6.04. The molecule has 0 bridgehead atoms. The number of anilines is 1. The summed E-state index contributed by atoms with van der Waals surface area (Å²) in [7, 11) is 0. The van der Waals surface area contributed by atoms with Crippen LogP contribution in [0.4, 0.5) is 5.69 Å². The molecule has 1 N–H and O–H groups in total. The summed E-state index contributed by atoms with van der Waals surface area (Å²) in [4.78, 5) is 19.2. The summed E-state index contributed by atoms with van der Waals surface area (Å²) in [5, 5.41) is 3.03. The van der Waals surface area contributed by atoms with Gasteiger partial charge in [-0.2, -0.15) is 0 Å². The van der Waals surface area contributed by atoms with E-state index in [1.165, 1.54) is 28.8 Å². The van der Waals surface area contributed by atoms with Crippen molar-refractivity contribution in [3.8, 4) is 11.3 Å². The maximum Gasteiger partial charge on any atom is 0.255 e. The molecule has 1 heterocycles. The molecule has 5 rings (SSSR count). The van der Waals surface area contributed by atoms with Crippen LogP contribution in [0.3, 0.4) is 0 Å². The van der Waals surface area contributed by atoms with Crippen molar-refractivity contribution in [2.24, 2.45) is 0 Å². The van der Waals surface area contributed by atoms with E-state index in [0.29, 0.717) is 11.3 Å². The van der Waals surface area contributed by atoms with E-state index >= 15 is 0 Å². The summed E-state index contributed by atoms with van der Waals surface area (Å²) in [6.07, 6.45) is 8.41. The molecule has 0 radical (unpaired) electrons. The molecular weight excluding hydrogens is 434 g/mol. The van der Waals surface area contributed by atoms with E-state index in [1.807, 2.05) is 24.3 Å². The Bertz CT molecular complexity index is 1320. The van der Waals surface area contributed by atoms with Crippen molar-refractivity contribution in [1.29, 1.82) is 0 Å². The number of fused-ring (bicyclic) bond motifs is 1. The van der Waals surface area contributed by atoms with Crippen molar-refractivity contribution in [1.82, 2.24) is 9.88 Å². The monoisotopic (exact) mass is 463 g/mol. The first kappa shape index (κ1) is 22.7. The average Bonchev–Trinajstić information content (AvgIpc) is 3.57. The third kappa shape index (κ3) is 5.35. The maximum absolute atomic E-state index is 12.8. The Kier molecular flexibility index (Phi) is 6.75. The van der Waals surface area contributed by atoms with Gasteiger partial charge < -0.3 is 14.6 Å². The van der Waals surface area contributed by atoms with Gasteiger partial charge >= 0.3 is 0 Å². The number of carbonyl (C=O) groups excluding carboxylic acids is 1. The van der Waals surface area contributed by atoms with Crippen molar-refractivity contribution >= 4 is 17.7 Å². The summed E-state index contributed by atoms with van der Waals surface area (Å²) >= 11 is 0. The van der Waals surface area contributed by atoms with Crippen LogP contribution in [0.25, 0.3) is 17.4 Å². The SMILES string of the molecule is CCCN(CCc1cccc(NC(=O)c2ccc(-c3cnco3)cc2)c1)C1=Cc2ccccc2C1. The Balaban J connectivity index is 1.21. The summed E-state index contributed by atoms with van der Waals surface area (Å²) in [5.41, 5.74) is 7.64. The van der Waals surface area contributed by atoms with E-state index in [4.69, 9.17) is 4.42 Å². The van der Waals surface area contributed by atoms with Gasteiger partial charge in [-0.05, 0) is 59.9 Å². The summed E-state index contributed by atoms with van der Waals surface area (Å²) in [6.45, 7) is 4.22. The third-order valence-corrected chi connectivity index (χ3v) is 6.37. The van der Waals surface area contributed by atoms with Crippen LogP contribution < -0.4 is 5.32 Å². The Labute approximate surface area is 206 Å². The lowest BCUT2D eigenvalue weighted by atomic mass is 10.1. The Morgan fingerprint density at radius 2 is 1.89 bits per heavy atom. The normalized spacial score (nSPS) is 12.2. The molecule has 1 amide bonds. The van der Waals surface area contributed by atoms with Crippen LogP contribution in [0, 0.1) is 0 Å². The van der Waals surface area contributed by atoms with E-state index < -0.39 is 0 Å². The maximum atomic E-state index is 12.8. The minimum atomic E-state index is -0.132. The van der Waals surface area contributed by atoms with Crippen LogP contribution in [0.2, 0.25) is 0 Å². The van der Waals surface area contributed by atoms with Crippen molar-refractivity contribution in [3.05, 3.63) is 113 Å². The number of oxazole rings is 1. The fourth-order valence-electron chi connectivity index (χ4n) is 4.55. The molecule has 0 saturated heterocycles. The van der Waals surface area contributed by atoms with Gasteiger partial charge in [0.1, 0.15) is 0 Å². The Morgan fingerprint density at radius 1 is 1.03 bits per heavy atom. The van der Waals surface area contributed by atoms with Crippen LogP contribution in [0.15, 0.2) is 95.5 Å². The molecule has 1 aromatic heterocycles. The minimum absolute atomic E-state index is 0.132. The van der Waals surface area contributed by atoms with Crippen molar-refractivity contribution in [2.45, 2.75) is 26.2 Å². The number of amides is 1. The number of allylic oxidation sites excluding steroid dienone is 1. The fraction of sp³-hybridized carbons (Fsp3) is 0.200. The zero-order valence-corrected chi connectivity index (χ0v) is 19.9. The molecule has 3 aromatic carbocycles. The van der Waals surface area contributed by atoms with E-state index in [9.17, 15) is 4.79 Å². The van der Waals surface area contributed by atoms with Crippen LogP contribution in [0.1, 0.15) is 40.4 Å². The van der Waals surface area contributed by atoms with Gasteiger partial charge in [-0.3, -0.25) is 4.79 Å². The molecule has 0 spiro atoms. The summed E-state index contributed by atoms with van der Waals surface area (Å²) < 4.78 is 5.31. The quantitative estimate of drug-likeness (QED) is 0.310. The zero-order chi connectivity index (χ0) is 24.0. The molecule has 35 heavy (non-hydrogen) atoms. The summed E-state index contributed by atoms with van der Waals surface area (Å²) in [6, 6.07) is 24.1. The van der Waals surface area contributed by atoms with E-state index in [1.54, 1.807) is 18.3 Å². The number of hydrogen-bond acceptors (Lipinski definition) is 4. The predicted molar refractivity (Wildman–Crippen MR) is 140 cm³/mol. The number of nitrogens with one attached hydrogen (secondary N) is 1. The molecule has 5 nitrogen and oxygen atoms in total. The molecule has 0 saturated carbocycles. The molecule has 0 unspecified atom stereocenters. The zero-order valence-electron chi connectivity index (χ0n) is 19.9. The van der Waals surface area contributed by atoms with Crippen LogP contribution >= 0.6 is 0 Å². The van der Waals surface area contributed by atoms with E-state index in [-0.39, 0.29) is 5.91 Å². The molecule has 0 atom stereocenters. The summed E-state index contributed by atoms with van der Waals surface area (Å²) in [5.74, 6) is 0.548. The van der Waals surface area contributed by atoms with Gasteiger partial charge in [0.15, 0.2) is 12.2 Å².